The third kappa shape index (κ3) is 4.20. The van der Waals surface area contributed by atoms with Crippen molar-refractivity contribution in [3.63, 3.8) is 0 Å². The van der Waals surface area contributed by atoms with Crippen LogP contribution < -0.4 is 15.6 Å². The molecule has 0 aliphatic carbocycles. The highest BCUT2D eigenvalue weighted by Crippen LogP contribution is 2.30. The summed E-state index contributed by atoms with van der Waals surface area (Å²) in [7, 11) is 1.60. The van der Waals surface area contributed by atoms with Crippen molar-refractivity contribution in [1.82, 2.24) is 14.8 Å². The highest BCUT2D eigenvalue weighted by Gasteiger charge is 2.18. The first kappa shape index (κ1) is 20.7. The summed E-state index contributed by atoms with van der Waals surface area (Å²) in [6.45, 7) is 5.52. The van der Waals surface area contributed by atoms with Gasteiger partial charge in [0.1, 0.15) is 18.0 Å². The Morgan fingerprint density at radius 2 is 1.87 bits per heavy atom. The fraction of sp³-hybridized carbons (Fsp3) is 0.217. The molecule has 2 aromatic heterocycles. The van der Waals surface area contributed by atoms with E-state index in [2.05, 4.69) is 15.4 Å². The Bertz CT molecular complexity index is 1340. The van der Waals surface area contributed by atoms with Gasteiger partial charge in [0.25, 0.3) is 5.56 Å². The van der Waals surface area contributed by atoms with Gasteiger partial charge in [-0.15, -0.1) is 11.3 Å². The standard InChI is InChI=1S/C23H22N4O3S/c1-13-5-6-14(2)18(11-13)25-19(28)12-27-23(29)21-22(31-15(3)24-21)20(26-27)16-7-9-17(30-4)10-8-16/h5-11H,12H2,1-4H3,(H,25,28). The Kier molecular flexibility index (Phi) is 5.56. The second-order valence-corrected chi connectivity index (χ2v) is 8.52. The Balaban J connectivity index is 1.73. The lowest BCUT2D eigenvalue weighted by Gasteiger charge is -2.11. The third-order valence-corrected chi connectivity index (χ3v) is 5.91. The molecule has 158 valence electrons. The van der Waals surface area contributed by atoms with Gasteiger partial charge in [0, 0.05) is 11.3 Å². The van der Waals surface area contributed by atoms with Crippen LogP contribution in [0.15, 0.2) is 47.3 Å². The zero-order valence-electron chi connectivity index (χ0n) is 17.7. The maximum atomic E-state index is 13.0. The lowest BCUT2D eigenvalue weighted by Crippen LogP contribution is -2.30. The molecule has 0 unspecified atom stereocenters. The summed E-state index contributed by atoms with van der Waals surface area (Å²) >= 11 is 1.41. The van der Waals surface area contributed by atoms with Gasteiger partial charge in [0.15, 0.2) is 5.52 Å². The summed E-state index contributed by atoms with van der Waals surface area (Å²) in [6, 6.07) is 13.2. The predicted molar refractivity (Wildman–Crippen MR) is 123 cm³/mol. The molecule has 0 saturated heterocycles. The van der Waals surface area contributed by atoms with E-state index in [1.807, 2.05) is 63.2 Å². The van der Waals surface area contributed by atoms with Crippen molar-refractivity contribution < 1.29 is 9.53 Å². The number of carbonyl (C=O) groups excluding carboxylic acids is 1. The molecule has 0 fully saturated rings. The van der Waals surface area contributed by atoms with Crippen molar-refractivity contribution in [1.29, 1.82) is 0 Å². The maximum absolute atomic E-state index is 13.0. The van der Waals surface area contributed by atoms with E-state index in [4.69, 9.17) is 4.74 Å². The Morgan fingerprint density at radius 1 is 1.13 bits per heavy atom. The summed E-state index contributed by atoms with van der Waals surface area (Å²) in [4.78, 5) is 30.1. The van der Waals surface area contributed by atoms with Crippen LogP contribution in [0.4, 0.5) is 5.69 Å². The quantitative estimate of drug-likeness (QED) is 0.511. The second kappa shape index (κ2) is 8.31. The number of nitrogens with zero attached hydrogens (tertiary/aromatic N) is 3. The van der Waals surface area contributed by atoms with Gasteiger partial charge < -0.3 is 10.1 Å². The van der Waals surface area contributed by atoms with Crippen LogP contribution in [0.3, 0.4) is 0 Å². The minimum absolute atomic E-state index is 0.206. The fourth-order valence-electron chi connectivity index (χ4n) is 3.31. The minimum Gasteiger partial charge on any atom is -0.497 e. The van der Waals surface area contributed by atoms with Gasteiger partial charge in [0.2, 0.25) is 5.91 Å². The van der Waals surface area contributed by atoms with E-state index in [0.29, 0.717) is 15.9 Å². The zero-order valence-corrected chi connectivity index (χ0v) is 18.5. The number of anilines is 1. The SMILES string of the molecule is COc1ccc(-c2nn(CC(=O)Nc3cc(C)ccc3C)c(=O)c3nc(C)sc23)cc1. The molecule has 0 aliphatic rings. The molecule has 1 N–H and O–H groups in total. The molecule has 2 aromatic carbocycles. The van der Waals surface area contributed by atoms with E-state index in [1.165, 1.54) is 16.0 Å². The van der Waals surface area contributed by atoms with E-state index in [9.17, 15) is 9.59 Å². The largest absolute Gasteiger partial charge is 0.497 e. The van der Waals surface area contributed by atoms with Crippen LogP contribution >= 0.6 is 11.3 Å². The van der Waals surface area contributed by atoms with Crippen LogP contribution in [0, 0.1) is 20.8 Å². The number of methoxy groups -OCH3 is 1. The minimum atomic E-state index is -0.382. The summed E-state index contributed by atoms with van der Waals surface area (Å²) in [6.07, 6.45) is 0. The van der Waals surface area contributed by atoms with E-state index >= 15 is 0 Å². The van der Waals surface area contributed by atoms with Crippen molar-refractivity contribution in [3.8, 4) is 17.0 Å². The van der Waals surface area contributed by atoms with Gasteiger partial charge in [0.05, 0.1) is 16.8 Å². The molecule has 4 rings (SSSR count). The molecule has 8 heteroatoms. The van der Waals surface area contributed by atoms with Crippen LogP contribution in [0.2, 0.25) is 0 Å². The summed E-state index contributed by atoms with van der Waals surface area (Å²) in [5, 5.41) is 8.18. The smallest absolute Gasteiger partial charge is 0.294 e. The van der Waals surface area contributed by atoms with Crippen LogP contribution in [0.1, 0.15) is 16.1 Å². The topological polar surface area (TPSA) is 86.1 Å². The monoisotopic (exact) mass is 434 g/mol. The number of thiazole rings is 1. The average molecular weight is 435 g/mol. The van der Waals surface area contributed by atoms with Crippen LogP contribution in [0.5, 0.6) is 5.75 Å². The van der Waals surface area contributed by atoms with Crippen molar-refractivity contribution in [2.45, 2.75) is 27.3 Å². The maximum Gasteiger partial charge on any atom is 0.294 e. The Hall–Kier alpha value is -3.52. The molecule has 4 aromatic rings. The first-order chi connectivity index (χ1) is 14.9. The van der Waals surface area contributed by atoms with Crippen LogP contribution in [-0.2, 0) is 11.3 Å². The van der Waals surface area contributed by atoms with Gasteiger partial charge in [-0.3, -0.25) is 9.59 Å². The molecule has 7 nitrogen and oxygen atoms in total. The van der Waals surface area contributed by atoms with Crippen LogP contribution in [0.25, 0.3) is 21.5 Å². The first-order valence-corrected chi connectivity index (χ1v) is 10.6. The lowest BCUT2D eigenvalue weighted by molar-refractivity contribution is -0.117. The number of amides is 1. The van der Waals surface area contributed by atoms with E-state index in [0.717, 1.165) is 33.1 Å². The molecule has 0 atom stereocenters. The molecule has 0 spiro atoms. The number of rotatable bonds is 5. The fourth-order valence-corrected chi connectivity index (χ4v) is 4.22. The van der Waals surface area contributed by atoms with Crippen molar-refractivity contribution >= 4 is 33.1 Å². The van der Waals surface area contributed by atoms with E-state index in [1.54, 1.807) is 7.11 Å². The number of aromatic nitrogens is 3. The molecule has 0 aliphatic heterocycles. The molecule has 0 radical (unpaired) electrons. The molecule has 31 heavy (non-hydrogen) atoms. The van der Waals surface area contributed by atoms with Gasteiger partial charge in [-0.1, -0.05) is 12.1 Å². The van der Waals surface area contributed by atoms with E-state index in [-0.39, 0.29) is 18.0 Å². The summed E-state index contributed by atoms with van der Waals surface area (Å²) in [5.41, 5.74) is 4.08. The number of carbonyl (C=O) groups is 1. The molecule has 1 amide bonds. The normalized spacial score (nSPS) is 11.0. The summed E-state index contributed by atoms with van der Waals surface area (Å²) in [5.74, 6) is 0.400. The van der Waals surface area contributed by atoms with E-state index < -0.39 is 0 Å². The summed E-state index contributed by atoms with van der Waals surface area (Å²) < 4.78 is 7.12. The molecule has 2 heterocycles. The highest BCUT2D eigenvalue weighted by atomic mass is 32.1. The number of nitrogens with one attached hydrogen (secondary N) is 1. The first-order valence-electron chi connectivity index (χ1n) is 9.75. The number of fused-ring (bicyclic) bond motifs is 1. The van der Waals surface area contributed by atoms with Crippen molar-refractivity contribution in [2.75, 3.05) is 12.4 Å². The number of benzene rings is 2. The Labute approximate surface area is 183 Å². The molecule has 0 saturated carbocycles. The zero-order chi connectivity index (χ0) is 22.1. The number of ether oxygens (including phenoxy) is 1. The second-order valence-electron chi connectivity index (χ2n) is 7.32. The van der Waals surface area contributed by atoms with Gasteiger partial charge in [-0.2, -0.15) is 5.10 Å². The Morgan fingerprint density at radius 3 is 2.58 bits per heavy atom. The predicted octanol–water partition coefficient (Wildman–Crippen LogP) is 4.09. The van der Waals surface area contributed by atoms with Crippen molar-refractivity contribution in [3.05, 3.63) is 69.0 Å². The van der Waals surface area contributed by atoms with Gasteiger partial charge >= 0.3 is 0 Å². The highest BCUT2D eigenvalue weighted by molar-refractivity contribution is 7.19. The number of aryl methyl sites for hydroxylation is 3. The van der Waals surface area contributed by atoms with Gasteiger partial charge in [-0.05, 0) is 62.2 Å². The molecule has 0 bridgehead atoms. The molecular formula is C23H22N4O3S. The third-order valence-electron chi connectivity index (χ3n) is 4.93. The molecular weight excluding hydrogens is 412 g/mol. The van der Waals surface area contributed by atoms with Crippen LogP contribution in [-0.4, -0.2) is 27.8 Å². The number of hydrogen-bond donors (Lipinski definition) is 1. The number of hydrogen-bond acceptors (Lipinski definition) is 6. The van der Waals surface area contributed by atoms with Crippen molar-refractivity contribution in [2.24, 2.45) is 0 Å². The average Bonchev–Trinajstić information content (AvgIpc) is 3.15. The van der Waals surface area contributed by atoms with Gasteiger partial charge in [-0.25, -0.2) is 9.67 Å². The lowest BCUT2D eigenvalue weighted by atomic mass is 10.1.